The van der Waals surface area contributed by atoms with E-state index in [4.69, 9.17) is 4.74 Å². The number of likely N-dealkylation sites (tertiary alicyclic amines) is 1. The second-order valence-electron chi connectivity index (χ2n) is 6.26. The summed E-state index contributed by atoms with van der Waals surface area (Å²) in [5.41, 5.74) is -0.136. The molecule has 2 aliphatic rings. The summed E-state index contributed by atoms with van der Waals surface area (Å²) < 4.78 is 31.8. The molecule has 7 heteroatoms. The minimum absolute atomic E-state index is 0.136. The maximum atomic E-state index is 13.2. The first kappa shape index (κ1) is 16.8. The van der Waals surface area contributed by atoms with E-state index in [2.05, 4.69) is 5.32 Å². The van der Waals surface area contributed by atoms with Crippen LogP contribution in [0, 0.1) is 17.6 Å². The van der Waals surface area contributed by atoms with Crippen molar-refractivity contribution in [3.63, 3.8) is 0 Å². The Balaban J connectivity index is 1.59. The lowest BCUT2D eigenvalue weighted by Crippen LogP contribution is -2.54. The summed E-state index contributed by atoms with van der Waals surface area (Å²) in [6.07, 6.45) is 2.77. The molecule has 2 saturated heterocycles. The van der Waals surface area contributed by atoms with Crippen LogP contribution in [0.5, 0.6) is 0 Å². The predicted molar refractivity (Wildman–Crippen MR) is 82.4 cm³/mol. The number of fused-ring (bicyclic) bond motifs is 1. The van der Waals surface area contributed by atoms with Crippen molar-refractivity contribution >= 4 is 11.8 Å². The van der Waals surface area contributed by atoms with Crippen molar-refractivity contribution < 1.29 is 23.1 Å². The number of ether oxygens (including phenoxy) is 1. The topological polar surface area (TPSA) is 58.6 Å². The molecular formula is C17H20F2N2O3. The average molecular weight is 338 g/mol. The fourth-order valence-electron chi connectivity index (χ4n) is 3.52. The van der Waals surface area contributed by atoms with Crippen LogP contribution in [0.25, 0.3) is 0 Å². The Morgan fingerprint density at radius 2 is 1.96 bits per heavy atom. The molecule has 2 fully saturated rings. The number of piperidine rings is 1. The molecule has 5 nitrogen and oxygen atoms in total. The van der Waals surface area contributed by atoms with Crippen molar-refractivity contribution in [2.24, 2.45) is 5.92 Å². The van der Waals surface area contributed by atoms with Gasteiger partial charge in [-0.05, 0) is 31.4 Å². The number of carbonyl (C=O) groups is 2. The second-order valence-corrected chi connectivity index (χ2v) is 6.26. The molecule has 2 amide bonds. The van der Waals surface area contributed by atoms with Gasteiger partial charge in [0, 0.05) is 36.7 Å². The number of hydrogen-bond donors (Lipinski definition) is 1. The molecule has 2 heterocycles. The van der Waals surface area contributed by atoms with E-state index in [0.29, 0.717) is 31.7 Å². The molecule has 24 heavy (non-hydrogen) atoms. The highest BCUT2D eigenvalue weighted by Gasteiger charge is 2.36. The molecule has 1 aromatic rings. The van der Waals surface area contributed by atoms with Crippen LogP contribution in [-0.2, 0) is 9.53 Å². The standard InChI is InChI=1S/C17H20F2N2O3/c18-13-6-12(7-14(19)8-13)17(23)20-9-16(22)21-4-1-2-11-10-24-5-3-15(11)21/h6-8,11,15H,1-5,9-10H2,(H,20,23). The summed E-state index contributed by atoms with van der Waals surface area (Å²) in [6, 6.07) is 2.74. The van der Waals surface area contributed by atoms with Crippen molar-refractivity contribution in [1.82, 2.24) is 10.2 Å². The zero-order chi connectivity index (χ0) is 17.1. The molecule has 0 aromatic heterocycles. The Bertz CT molecular complexity index is 616. The Labute approximate surface area is 139 Å². The van der Waals surface area contributed by atoms with E-state index >= 15 is 0 Å². The molecular weight excluding hydrogens is 318 g/mol. The smallest absolute Gasteiger partial charge is 0.251 e. The van der Waals surface area contributed by atoms with Crippen LogP contribution in [0.4, 0.5) is 8.78 Å². The number of nitrogens with one attached hydrogen (secondary N) is 1. The molecule has 2 atom stereocenters. The molecule has 130 valence electrons. The third-order valence-electron chi connectivity index (χ3n) is 4.65. The lowest BCUT2D eigenvalue weighted by atomic mass is 9.86. The van der Waals surface area contributed by atoms with Gasteiger partial charge in [-0.3, -0.25) is 9.59 Å². The normalized spacial score (nSPS) is 23.5. The van der Waals surface area contributed by atoms with Crippen molar-refractivity contribution in [3.05, 3.63) is 35.4 Å². The minimum atomic E-state index is -0.826. The molecule has 0 radical (unpaired) electrons. The molecule has 1 N–H and O–H groups in total. The number of halogens is 2. The van der Waals surface area contributed by atoms with Crippen LogP contribution in [0.3, 0.4) is 0 Å². The molecule has 2 unspecified atom stereocenters. The summed E-state index contributed by atoms with van der Waals surface area (Å²) in [7, 11) is 0. The quantitative estimate of drug-likeness (QED) is 0.913. The highest BCUT2D eigenvalue weighted by Crippen LogP contribution is 2.29. The van der Waals surface area contributed by atoms with Crippen molar-refractivity contribution in [2.75, 3.05) is 26.3 Å². The van der Waals surface area contributed by atoms with Gasteiger partial charge in [0.1, 0.15) is 11.6 Å². The van der Waals surface area contributed by atoms with E-state index in [-0.39, 0.29) is 24.1 Å². The van der Waals surface area contributed by atoms with Crippen LogP contribution in [0.15, 0.2) is 18.2 Å². The van der Waals surface area contributed by atoms with E-state index in [1.165, 1.54) is 0 Å². The molecule has 0 spiro atoms. The number of carbonyl (C=O) groups excluding carboxylic acids is 2. The number of nitrogens with zero attached hydrogens (tertiary/aromatic N) is 1. The first-order valence-electron chi connectivity index (χ1n) is 8.16. The molecule has 0 saturated carbocycles. The maximum absolute atomic E-state index is 13.2. The van der Waals surface area contributed by atoms with Gasteiger partial charge in [0.15, 0.2) is 0 Å². The highest BCUT2D eigenvalue weighted by molar-refractivity contribution is 5.96. The summed E-state index contributed by atoms with van der Waals surface area (Å²) in [5.74, 6) is -2.14. The van der Waals surface area contributed by atoms with E-state index in [9.17, 15) is 18.4 Å². The fraction of sp³-hybridized carbons (Fsp3) is 0.529. The van der Waals surface area contributed by atoms with Crippen LogP contribution >= 0.6 is 0 Å². The van der Waals surface area contributed by atoms with Gasteiger partial charge in [-0.2, -0.15) is 0 Å². The molecule has 3 rings (SSSR count). The van der Waals surface area contributed by atoms with Crippen LogP contribution in [0.1, 0.15) is 29.6 Å². The van der Waals surface area contributed by atoms with Gasteiger partial charge in [-0.1, -0.05) is 0 Å². The number of hydrogen-bond acceptors (Lipinski definition) is 3. The fourth-order valence-corrected chi connectivity index (χ4v) is 3.52. The molecule has 0 bridgehead atoms. The monoisotopic (exact) mass is 338 g/mol. The van der Waals surface area contributed by atoms with Gasteiger partial charge in [0.2, 0.25) is 5.91 Å². The van der Waals surface area contributed by atoms with E-state index in [1.54, 1.807) is 0 Å². The summed E-state index contributed by atoms with van der Waals surface area (Å²) in [4.78, 5) is 26.2. The van der Waals surface area contributed by atoms with Gasteiger partial charge in [0.25, 0.3) is 5.91 Å². The SMILES string of the molecule is O=C(NCC(=O)N1CCCC2COCCC21)c1cc(F)cc(F)c1. The van der Waals surface area contributed by atoms with Crippen molar-refractivity contribution in [1.29, 1.82) is 0 Å². The molecule has 1 aromatic carbocycles. The molecule has 0 aliphatic carbocycles. The Morgan fingerprint density at radius 1 is 1.21 bits per heavy atom. The first-order chi connectivity index (χ1) is 11.5. The van der Waals surface area contributed by atoms with Crippen LogP contribution in [0.2, 0.25) is 0 Å². The maximum Gasteiger partial charge on any atom is 0.251 e. The number of amides is 2. The van der Waals surface area contributed by atoms with Gasteiger partial charge >= 0.3 is 0 Å². The van der Waals surface area contributed by atoms with Gasteiger partial charge in [0.05, 0.1) is 13.2 Å². The Kier molecular flexibility index (Phi) is 5.08. The summed E-state index contributed by atoms with van der Waals surface area (Å²) in [5, 5.41) is 2.45. The second kappa shape index (κ2) is 7.25. The third kappa shape index (κ3) is 3.72. The largest absolute Gasteiger partial charge is 0.381 e. The van der Waals surface area contributed by atoms with Gasteiger partial charge in [-0.15, -0.1) is 0 Å². The first-order valence-corrected chi connectivity index (χ1v) is 8.16. The van der Waals surface area contributed by atoms with E-state index in [1.807, 2.05) is 4.90 Å². The summed E-state index contributed by atoms with van der Waals surface area (Å²) >= 11 is 0. The van der Waals surface area contributed by atoms with Crippen molar-refractivity contribution in [2.45, 2.75) is 25.3 Å². The summed E-state index contributed by atoms with van der Waals surface area (Å²) in [6.45, 7) is 1.80. The van der Waals surface area contributed by atoms with Crippen molar-refractivity contribution in [3.8, 4) is 0 Å². The number of benzene rings is 1. The highest BCUT2D eigenvalue weighted by atomic mass is 19.1. The van der Waals surface area contributed by atoms with E-state index in [0.717, 1.165) is 31.4 Å². The zero-order valence-corrected chi connectivity index (χ0v) is 13.3. The van der Waals surface area contributed by atoms with Crippen LogP contribution < -0.4 is 5.32 Å². The predicted octanol–water partition coefficient (Wildman–Crippen LogP) is 1.72. The van der Waals surface area contributed by atoms with E-state index < -0.39 is 17.5 Å². The average Bonchev–Trinajstić information content (AvgIpc) is 2.58. The van der Waals surface area contributed by atoms with Gasteiger partial charge in [-0.25, -0.2) is 8.78 Å². The lowest BCUT2D eigenvalue weighted by Gasteiger charge is -2.43. The third-order valence-corrected chi connectivity index (χ3v) is 4.65. The number of rotatable bonds is 3. The Hall–Kier alpha value is -2.02. The lowest BCUT2D eigenvalue weighted by molar-refractivity contribution is -0.139. The Morgan fingerprint density at radius 3 is 2.71 bits per heavy atom. The van der Waals surface area contributed by atoms with Gasteiger partial charge < -0.3 is 15.0 Å². The molecule has 2 aliphatic heterocycles. The zero-order valence-electron chi connectivity index (χ0n) is 13.3. The van der Waals surface area contributed by atoms with Crippen LogP contribution in [-0.4, -0.2) is 49.1 Å². The minimum Gasteiger partial charge on any atom is -0.381 e.